The molecule has 0 unspecified atom stereocenters. The molecule has 1 aromatic heterocycles. The number of ether oxygens (including phenoxy) is 2. The monoisotopic (exact) mass is 437 g/mol. The molecule has 1 saturated heterocycles. The Kier molecular flexibility index (Phi) is 6.98. The molecule has 3 rings (SSSR count). The summed E-state index contributed by atoms with van der Waals surface area (Å²) >= 11 is 0. The zero-order chi connectivity index (χ0) is 22.4. The Balaban J connectivity index is 1.56. The van der Waals surface area contributed by atoms with Crippen LogP contribution in [0.2, 0.25) is 0 Å². The Hall–Kier alpha value is -3.30. The number of carbonyl (C=O) groups excluding carboxylic acids is 2. The number of nitrogens with zero attached hydrogens (tertiary/aromatic N) is 3. The van der Waals surface area contributed by atoms with Crippen molar-refractivity contribution < 1.29 is 32.2 Å². The SMILES string of the molecule is CCOC(=O)COC(=O)N1CCN(c2ccc(-c3cccc(C(F)(F)F)c3)cn2)CC1. The van der Waals surface area contributed by atoms with Gasteiger partial charge in [-0.2, -0.15) is 13.2 Å². The minimum Gasteiger partial charge on any atom is -0.463 e. The van der Waals surface area contributed by atoms with Gasteiger partial charge in [0, 0.05) is 37.9 Å². The average Bonchev–Trinajstić information content (AvgIpc) is 2.77. The summed E-state index contributed by atoms with van der Waals surface area (Å²) in [5, 5.41) is 0. The van der Waals surface area contributed by atoms with Gasteiger partial charge in [-0.1, -0.05) is 12.1 Å². The van der Waals surface area contributed by atoms with Gasteiger partial charge in [0.15, 0.2) is 6.61 Å². The van der Waals surface area contributed by atoms with Crippen LogP contribution >= 0.6 is 0 Å². The summed E-state index contributed by atoms with van der Waals surface area (Å²) in [6.07, 6.45) is -3.45. The fourth-order valence-corrected chi connectivity index (χ4v) is 3.15. The highest BCUT2D eigenvalue weighted by Gasteiger charge is 2.30. The van der Waals surface area contributed by atoms with E-state index in [9.17, 15) is 22.8 Å². The second-order valence-corrected chi connectivity index (χ2v) is 6.82. The van der Waals surface area contributed by atoms with Crippen molar-refractivity contribution in [3.8, 4) is 11.1 Å². The highest BCUT2D eigenvalue weighted by Crippen LogP contribution is 2.32. The number of benzene rings is 1. The largest absolute Gasteiger partial charge is 0.463 e. The lowest BCUT2D eigenvalue weighted by molar-refractivity contribution is -0.146. The molecule has 166 valence electrons. The smallest absolute Gasteiger partial charge is 0.416 e. The van der Waals surface area contributed by atoms with Crippen molar-refractivity contribution in [1.82, 2.24) is 9.88 Å². The molecular weight excluding hydrogens is 415 g/mol. The maximum atomic E-state index is 12.9. The number of hydrogen-bond donors (Lipinski definition) is 0. The van der Waals surface area contributed by atoms with E-state index in [2.05, 4.69) is 4.98 Å². The Morgan fingerprint density at radius 1 is 1.03 bits per heavy atom. The van der Waals surface area contributed by atoms with Crippen molar-refractivity contribution in [1.29, 1.82) is 0 Å². The number of piperazine rings is 1. The van der Waals surface area contributed by atoms with Gasteiger partial charge in [0.05, 0.1) is 12.2 Å². The number of rotatable bonds is 5. The summed E-state index contributed by atoms with van der Waals surface area (Å²) in [6, 6.07) is 8.56. The first-order valence-corrected chi connectivity index (χ1v) is 9.74. The number of aromatic nitrogens is 1. The van der Waals surface area contributed by atoms with Gasteiger partial charge in [-0.05, 0) is 36.8 Å². The molecule has 0 radical (unpaired) electrons. The summed E-state index contributed by atoms with van der Waals surface area (Å²) in [7, 11) is 0. The number of anilines is 1. The normalized spacial score (nSPS) is 14.3. The lowest BCUT2D eigenvalue weighted by Gasteiger charge is -2.34. The summed E-state index contributed by atoms with van der Waals surface area (Å²) in [5.74, 6) is 0.0646. The van der Waals surface area contributed by atoms with Gasteiger partial charge in [-0.15, -0.1) is 0 Å². The van der Waals surface area contributed by atoms with Crippen molar-refractivity contribution in [2.45, 2.75) is 13.1 Å². The zero-order valence-electron chi connectivity index (χ0n) is 16.9. The predicted molar refractivity (Wildman–Crippen MR) is 106 cm³/mol. The quantitative estimate of drug-likeness (QED) is 0.666. The van der Waals surface area contributed by atoms with Crippen LogP contribution in [0.3, 0.4) is 0 Å². The molecule has 0 N–H and O–H groups in total. The van der Waals surface area contributed by atoms with Crippen LogP contribution in [0.25, 0.3) is 11.1 Å². The predicted octanol–water partition coefficient (Wildman–Crippen LogP) is 3.59. The maximum Gasteiger partial charge on any atom is 0.416 e. The van der Waals surface area contributed by atoms with E-state index in [1.807, 2.05) is 4.90 Å². The number of hydrogen-bond acceptors (Lipinski definition) is 6. The van der Waals surface area contributed by atoms with E-state index in [1.54, 1.807) is 25.1 Å². The van der Waals surface area contributed by atoms with Gasteiger partial charge in [-0.3, -0.25) is 0 Å². The van der Waals surface area contributed by atoms with Crippen LogP contribution in [-0.2, 0) is 20.4 Å². The first-order chi connectivity index (χ1) is 14.8. The number of alkyl halides is 3. The summed E-state index contributed by atoms with van der Waals surface area (Å²) in [6.45, 7) is 3.24. The highest BCUT2D eigenvalue weighted by molar-refractivity contribution is 5.75. The fraction of sp³-hybridized carbons (Fsp3) is 0.381. The molecule has 31 heavy (non-hydrogen) atoms. The van der Waals surface area contributed by atoms with E-state index < -0.39 is 30.4 Å². The molecule has 10 heteroatoms. The third-order valence-electron chi connectivity index (χ3n) is 4.75. The van der Waals surface area contributed by atoms with Crippen molar-refractivity contribution in [2.24, 2.45) is 0 Å². The molecule has 0 aliphatic carbocycles. The van der Waals surface area contributed by atoms with Gasteiger partial charge in [-0.25, -0.2) is 14.6 Å². The van der Waals surface area contributed by atoms with Crippen molar-refractivity contribution >= 4 is 17.9 Å². The molecule has 2 heterocycles. The van der Waals surface area contributed by atoms with E-state index in [0.29, 0.717) is 43.1 Å². The molecule has 2 aromatic rings. The molecule has 1 aliphatic rings. The van der Waals surface area contributed by atoms with Crippen LogP contribution in [0.1, 0.15) is 12.5 Å². The number of esters is 1. The Morgan fingerprint density at radius 2 is 1.77 bits per heavy atom. The molecular formula is C21H22F3N3O4. The molecule has 1 aliphatic heterocycles. The topological polar surface area (TPSA) is 72.0 Å². The first-order valence-electron chi connectivity index (χ1n) is 9.74. The van der Waals surface area contributed by atoms with Gasteiger partial charge in [0.1, 0.15) is 5.82 Å². The number of pyridine rings is 1. The van der Waals surface area contributed by atoms with Crippen molar-refractivity contribution in [3.05, 3.63) is 48.2 Å². The van der Waals surface area contributed by atoms with Crippen LogP contribution in [0, 0.1) is 0 Å². The minimum absolute atomic E-state index is 0.217. The van der Waals surface area contributed by atoms with Gasteiger partial charge >= 0.3 is 18.2 Å². The van der Waals surface area contributed by atoms with Crippen LogP contribution in [-0.4, -0.2) is 61.3 Å². The molecule has 1 aromatic carbocycles. The van der Waals surface area contributed by atoms with E-state index in [0.717, 1.165) is 12.1 Å². The third kappa shape index (κ3) is 5.87. The summed E-state index contributed by atoms with van der Waals surface area (Å²) in [4.78, 5) is 31.1. The highest BCUT2D eigenvalue weighted by atomic mass is 19.4. The molecule has 1 amide bonds. The Labute approximate surface area is 177 Å². The van der Waals surface area contributed by atoms with Crippen molar-refractivity contribution in [3.63, 3.8) is 0 Å². The second kappa shape index (κ2) is 9.67. The fourth-order valence-electron chi connectivity index (χ4n) is 3.15. The van der Waals surface area contributed by atoms with Crippen molar-refractivity contribution in [2.75, 3.05) is 44.3 Å². The van der Waals surface area contributed by atoms with Crippen LogP contribution in [0.4, 0.5) is 23.8 Å². The Morgan fingerprint density at radius 3 is 2.39 bits per heavy atom. The minimum atomic E-state index is -4.40. The molecule has 0 bridgehead atoms. The molecule has 0 atom stereocenters. The number of halogens is 3. The zero-order valence-corrected chi connectivity index (χ0v) is 16.9. The van der Waals surface area contributed by atoms with E-state index in [-0.39, 0.29) is 6.61 Å². The van der Waals surface area contributed by atoms with Crippen LogP contribution in [0.5, 0.6) is 0 Å². The number of amides is 1. The molecule has 1 fully saturated rings. The van der Waals surface area contributed by atoms with Crippen LogP contribution < -0.4 is 4.90 Å². The second-order valence-electron chi connectivity index (χ2n) is 6.82. The van der Waals surface area contributed by atoms with E-state index >= 15 is 0 Å². The maximum absolute atomic E-state index is 12.9. The molecule has 0 saturated carbocycles. The van der Waals surface area contributed by atoms with E-state index in [1.165, 1.54) is 17.2 Å². The summed E-state index contributed by atoms with van der Waals surface area (Å²) in [5.41, 5.74) is 0.305. The molecule has 7 nitrogen and oxygen atoms in total. The molecule has 0 spiro atoms. The third-order valence-corrected chi connectivity index (χ3v) is 4.75. The van der Waals surface area contributed by atoms with E-state index in [4.69, 9.17) is 9.47 Å². The van der Waals surface area contributed by atoms with Gasteiger partial charge < -0.3 is 19.3 Å². The Bertz CT molecular complexity index is 911. The summed E-state index contributed by atoms with van der Waals surface area (Å²) < 4.78 is 48.4. The van der Waals surface area contributed by atoms with Crippen LogP contribution in [0.15, 0.2) is 42.6 Å². The number of carbonyl (C=O) groups is 2. The van der Waals surface area contributed by atoms with Gasteiger partial charge in [0.2, 0.25) is 0 Å². The lowest BCUT2D eigenvalue weighted by atomic mass is 10.0. The first kappa shape index (κ1) is 22.4. The average molecular weight is 437 g/mol. The lowest BCUT2D eigenvalue weighted by Crippen LogP contribution is -2.49. The standard InChI is InChI=1S/C21H22F3N3O4/c1-2-30-19(28)14-31-20(29)27-10-8-26(9-11-27)18-7-6-16(13-25-18)15-4-3-5-17(12-15)21(22,23)24/h3-7,12-13H,2,8-11,14H2,1H3. The van der Waals surface area contributed by atoms with Gasteiger partial charge in [0.25, 0.3) is 0 Å².